The molecule has 1 saturated carbocycles. The second-order valence-electron chi connectivity index (χ2n) is 10.2. The molecule has 9 heteroatoms. The van der Waals surface area contributed by atoms with E-state index in [0.29, 0.717) is 28.8 Å². The van der Waals surface area contributed by atoms with Gasteiger partial charge in [-0.1, -0.05) is 36.6 Å². The molecule has 1 aromatic carbocycles. The number of amides is 2. The predicted octanol–water partition coefficient (Wildman–Crippen LogP) is 4.18. The number of hydrogen-bond acceptors (Lipinski definition) is 6. The van der Waals surface area contributed by atoms with Crippen molar-refractivity contribution in [3.8, 4) is 11.3 Å². The fourth-order valence-corrected chi connectivity index (χ4v) is 5.47. The summed E-state index contributed by atoms with van der Waals surface area (Å²) in [6.45, 7) is 5.74. The number of ether oxygens (including phenoxy) is 1. The minimum Gasteiger partial charge on any atom is -0.381 e. The number of anilines is 1. The summed E-state index contributed by atoms with van der Waals surface area (Å²) < 4.78 is 5.42. The maximum absolute atomic E-state index is 13.3. The van der Waals surface area contributed by atoms with Gasteiger partial charge in [-0.2, -0.15) is 0 Å². The van der Waals surface area contributed by atoms with E-state index in [4.69, 9.17) is 16.3 Å². The molecule has 5 rings (SSSR count). The van der Waals surface area contributed by atoms with Crippen LogP contribution >= 0.6 is 11.6 Å². The van der Waals surface area contributed by atoms with Gasteiger partial charge in [0.15, 0.2) is 0 Å². The van der Waals surface area contributed by atoms with Crippen LogP contribution in [0.2, 0.25) is 5.02 Å². The summed E-state index contributed by atoms with van der Waals surface area (Å²) in [6, 6.07) is 5.38. The predicted molar refractivity (Wildman–Crippen MR) is 134 cm³/mol. The monoisotopic (exact) mass is 497 g/mol. The third kappa shape index (κ3) is 5.00. The lowest BCUT2D eigenvalue weighted by molar-refractivity contribution is -0.127. The van der Waals surface area contributed by atoms with Crippen LogP contribution in [0.25, 0.3) is 11.3 Å². The molecule has 2 fully saturated rings. The van der Waals surface area contributed by atoms with Crippen LogP contribution in [0.4, 0.5) is 5.95 Å². The number of carbonyl (C=O) groups excluding carboxylic acids is 2. The average Bonchev–Trinajstić information content (AvgIpc) is 3.43. The smallest absolute Gasteiger partial charge is 0.255 e. The summed E-state index contributed by atoms with van der Waals surface area (Å²) in [6.07, 6.45) is 7.59. The van der Waals surface area contributed by atoms with Crippen molar-refractivity contribution >= 4 is 29.4 Å². The van der Waals surface area contributed by atoms with E-state index in [1.54, 1.807) is 18.0 Å². The highest BCUT2D eigenvalue weighted by molar-refractivity contribution is 6.33. The average molecular weight is 498 g/mol. The second-order valence-corrected chi connectivity index (χ2v) is 10.6. The van der Waals surface area contributed by atoms with E-state index < -0.39 is 6.04 Å². The van der Waals surface area contributed by atoms with Gasteiger partial charge in [-0.05, 0) is 51.2 Å². The molecule has 2 aliphatic heterocycles. The third-order valence-corrected chi connectivity index (χ3v) is 7.77. The topological polar surface area (TPSA) is 96.5 Å². The number of hydrogen-bond donors (Lipinski definition) is 2. The zero-order chi connectivity index (χ0) is 24.6. The van der Waals surface area contributed by atoms with Gasteiger partial charge in [0.25, 0.3) is 5.91 Å². The molecule has 0 bridgehead atoms. The van der Waals surface area contributed by atoms with E-state index in [1.165, 1.54) is 0 Å². The Hall–Kier alpha value is -2.71. The Morgan fingerprint density at radius 2 is 2.00 bits per heavy atom. The van der Waals surface area contributed by atoms with Gasteiger partial charge in [0, 0.05) is 42.5 Å². The van der Waals surface area contributed by atoms with E-state index in [9.17, 15) is 9.59 Å². The van der Waals surface area contributed by atoms with Crippen LogP contribution in [0.5, 0.6) is 0 Å². The van der Waals surface area contributed by atoms with Crippen molar-refractivity contribution in [1.82, 2.24) is 20.2 Å². The zero-order valence-corrected chi connectivity index (χ0v) is 21.0. The lowest BCUT2D eigenvalue weighted by atomic mass is 10.00. The zero-order valence-electron chi connectivity index (χ0n) is 20.3. The number of benzene rings is 1. The van der Waals surface area contributed by atoms with Gasteiger partial charge in [0.05, 0.1) is 16.9 Å². The van der Waals surface area contributed by atoms with Crippen LogP contribution in [0.1, 0.15) is 68.3 Å². The highest BCUT2D eigenvalue weighted by Gasteiger charge is 2.37. The maximum atomic E-state index is 13.3. The summed E-state index contributed by atoms with van der Waals surface area (Å²) in [5, 5.41) is 6.97. The van der Waals surface area contributed by atoms with E-state index in [1.807, 2.05) is 18.2 Å². The molecular weight excluding hydrogens is 466 g/mol. The van der Waals surface area contributed by atoms with Crippen LogP contribution in [0, 0.1) is 0 Å². The molecule has 0 spiro atoms. The Bertz CT molecular complexity index is 1130. The normalized spacial score (nSPS) is 20.5. The highest BCUT2D eigenvalue weighted by Crippen LogP contribution is 2.33. The molecule has 2 N–H and O–H groups in total. The summed E-state index contributed by atoms with van der Waals surface area (Å²) in [7, 11) is 0. The van der Waals surface area contributed by atoms with E-state index >= 15 is 0 Å². The molecule has 2 aromatic rings. The lowest BCUT2D eigenvalue weighted by Gasteiger charge is -2.30. The fraction of sp³-hybridized carbons (Fsp3) is 0.538. The maximum Gasteiger partial charge on any atom is 0.255 e. The van der Waals surface area contributed by atoms with Crippen LogP contribution in [-0.2, 0) is 16.1 Å². The summed E-state index contributed by atoms with van der Waals surface area (Å²) >= 11 is 6.45. The molecule has 3 heterocycles. The SMILES string of the molecule is C[C@H](C(=O)NC1(C)CCCC1)N1Cc2ccc(-c3nc(NC4CCOCC4)ncc3Cl)cc2C1=O. The Morgan fingerprint density at radius 3 is 2.74 bits per heavy atom. The summed E-state index contributed by atoms with van der Waals surface area (Å²) in [5.74, 6) is 0.265. The van der Waals surface area contributed by atoms with Gasteiger partial charge in [0.2, 0.25) is 11.9 Å². The Labute approximate surface area is 210 Å². The molecular formula is C26H32ClN5O3. The van der Waals surface area contributed by atoms with Gasteiger partial charge in [-0.3, -0.25) is 9.59 Å². The largest absolute Gasteiger partial charge is 0.381 e. The molecule has 3 aliphatic rings. The van der Waals surface area contributed by atoms with Crippen molar-refractivity contribution < 1.29 is 14.3 Å². The van der Waals surface area contributed by atoms with Gasteiger partial charge < -0.3 is 20.3 Å². The minimum absolute atomic E-state index is 0.0987. The lowest BCUT2D eigenvalue weighted by Crippen LogP contribution is -2.52. The molecule has 1 atom stereocenters. The minimum atomic E-state index is -0.548. The number of halogens is 1. The molecule has 2 amide bonds. The Kier molecular flexibility index (Phi) is 6.68. The van der Waals surface area contributed by atoms with Crippen molar-refractivity contribution in [1.29, 1.82) is 0 Å². The number of nitrogens with one attached hydrogen (secondary N) is 2. The van der Waals surface area contributed by atoms with Gasteiger partial charge in [-0.15, -0.1) is 0 Å². The first-order chi connectivity index (χ1) is 16.8. The molecule has 1 aliphatic carbocycles. The van der Waals surface area contributed by atoms with Crippen molar-refractivity contribution in [2.75, 3.05) is 18.5 Å². The fourth-order valence-electron chi connectivity index (χ4n) is 5.27. The number of fused-ring (bicyclic) bond motifs is 1. The van der Waals surface area contributed by atoms with Crippen LogP contribution < -0.4 is 10.6 Å². The number of aromatic nitrogens is 2. The number of carbonyl (C=O) groups is 2. The Balaban J connectivity index is 1.33. The molecule has 1 saturated heterocycles. The van der Waals surface area contributed by atoms with Crippen LogP contribution in [0.15, 0.2) is 24.4 Å². The third-order valence-electron chi connectivity index (χ3n) is 7.49. The van der Waals surface area contributed by atoms with E-state index in [2.05, 4.69) is 27.5 Å². The summed E-state index contributed by atoms with van der Waals surface area (Å²) in [5.41, 5.74) is 2.63. The first-order valence-corrected chi connectivity index (χ1v) is 12.8. The van der Waals surface area contributed by atoms with Crippen molar-refractivity contribution in [2.45, 2.75) is 76.5 Å². The van der Waals surface area contributed by atoms with Crippen molar-refractivity contribution in [3.05, 3.63) is 40.5 Å². The standard InChI is InChI=1S/C26H32ClN5O3/c1-16(23(33)31-26(2)9-3-4-10-26)32-15-18-6-5-17(13-20(18)24(32)34)22-21(27)14-28-25(30-22)29-19-7-11-35-12-8-19/h5-6,13-14,16,19H,3-4,7-12,15H2,1-2H3,(H,31,33)(H,28,29,30)/t16-/m1/s1. The highest BCUT2D eigenvalue weighted by atomic mass is 35.5. The second kappa shape index (κ2) is 9.74. The van der Waals surface area contributed by atoms with Gasteiger partial charge in [0.1, 0.15) is 6.04 Å². The van der Waals surface area contributed by atoms with E-state index in [-0.39, 0.29) is 23.4 Å². The molecule has 1 aromatic heterocycles. The van der Waals surface area contributed by atoms with Crippen molar-refractivity contribution in [3.63, 3.8) is 0 Å². The first kappa shape index (κ1) is 24.0. The molecule has 35 heavy (non-hydrogen) atoms. The van der Waals surface area contributed by atoms with Crippen LogP contribution in [-0.4, -0.2) is 57.5 Å². The first-order valence-electron chi connectivity index (χ1n) is 12.5. The molecule has 0 radical (unpaired) electrons. The quantitative estimate of drug-likeness (QED) is 0.621. The van der Waals surface area contributed by atoms with Gasteiger partial charge in [-0.25, -0.2) is 9.97 Å². The van der Waals surface area contributed by atoms with Gasteiger partial charge >= 0.3 is 0 Å². The molecule has 186 valence electrons. The van der Waals surface area contributed by atoms with Crippen LogP contribution in [0.3, 0.4) is 0 Å². The summed E-state index contributed by atoms with van der Waals surface area (Å²) in [4.78, 5) is 36.9. The van der Waals surface area contributed by atoms with Crippen molar-refractivity contribution in [2.24, 2.45) is 0 Å². The molecule has 0 unspecified atom stereocenters. The van der Waals surface area contributed by atoms with E-state index in [0.717, 1.165) is 62.9 Å². The Morgan fingerprint density at radius 1 is 1.26 bits per heavy atom. The molecule has 8 nitrogen and oxygen atoms in total. The number of nitrogens with zero attached hydrogens (tertiary/aromatic N) is 3. The number of rotatable bonds is 6.